The molecule has 3 rings (SSSR count). The van der Waals surface area contributed by atoms with Gasteiger partial charge in [0, 0.05) is 37.8 Å². The lowest BCUT2D eigenvalue weighted by molar-refractivity contribution is 0.0265. The molecular weight excluding hydrogens is 324 g/mol. The Morgan fingerprint density at radius 2 is 2.24 bits per heavy atom. The predicted octanol–water partition coefficient (Wildman–Crippen LogP) is 0.153. The number of aromatic amines is 1. The summed E-state index contributed by atoms with van der Waals surface area (Å²) in [5, 5.41) is 16.5. The number of nitrogens with zero attached hydrogens (tertiary/aromatic N) is 3. The van der Waals surface area contributed by atoms with E-state index in [1.807, 2.05) is 13.8 Å². The predicted molar refractivity (Wildman–Crippen MR) is 89.0 cm³/mol. The highest BCUT2D eigenvalue weighted by Gasteiger charge is 2.29. The minimum absolute atomic E-state index is 0.0439. The van der Waals surface area contributed by atoms with E-state index in [0.717, 1.165) is 11.3 Å². The first-order chi connectivity index (χ1) is 12.0. The molecule has 0 saturated carbocycles. The minimum atomic E-state index is -0.240. The Bertz CT molecular complexity index is 765. The second-order valence-corrected chi connectivity index (χ2v) is 6.34. The molecule has 2 aromatic heterocycles. The van der Waals surface area contributed by atoms with Gasteiger partial charge in [0.2, 0.25) is 0 Å². The van der Waals surface area contributed by atoms with Crippen molar-refractivity contribution in [3.05, 3.63) is 34.9 Å². The number of fused-ring (bicyclic) bond motifs is 1. The summed E-state index contributed by atoms with van der Waals surface area (Å²) in [5.74, 6) is -0.385. The number of rotatable bonds is 5. The Morgan fingerprint density at radius 1 is 1.44 bits per heavy atom. The number of H-pyrrole nitrogens is 1. The third-order valence-electron chi connectivity index (χ3n) is 3.99. The van der Waals surface area contributed by atoms with Crippen LogP contribution in [-0.4, -0.2) is 50.5 Å². The van der Waals surface area contributed by atoms with Gasteiger partial charge in [-0.05, 0) is 19.9 Å². The first-order valence-corrected chi connectivity index (χ1v) is 8.20. The molecule has 3 heterocycles. The van der Waals surface area contributed by atoms with Crippen LogP contribution in [0.15, 0.2) is 12.3 Å². The Hall–Kier alpha value is -2.68. The summed E-state index contributed by atoms with van der Waals surface area (Å²) in [5.41, 5.74) is 2.60. The molecule has 2 aromatic rings. The molecule has 0 fully saturated rings. The standard InChI is InChI=1S/C16H22N6O3/c1-9(2)19-16(24)14-11-6-10(25-8-13(11)21-22(14)3)7-17-15(23)12-4-5-18-20-12/h4-5,9-10H,6-8H2,1-3H3,(H,17,23)(H,18,20)(H,19,24). The number of nitrogens with one attached hydrogen (secondary N) is 3. The molecule has 25 heavy (non-hydrogen) atoms. The Kier molecular flexibility index (Phi) is 4.84. The van der Waals surface area contributed by atoms with Crippen LogP contribution in [0.5, 0.6) is 0 Å². The number of carbonyl (C=O) groups is 2. The van der Waals surface area contributed by atoms with E-state index in [9.17, 15) is 9.59 Å². The zero-order valence-corrected chi connectivity index (χ0v) is 14.5. The molecule has 2 amide bonds. The van der Waals surface area contributed by atoms with Crippen LogP contribution in [-0.2, 0) is 24.8 Å². The summed E-state index contributed by atoms with van der Waals surface area (Å²) in [6.45, 7) is 4.50. The van der Waals surface area contributed by atoms with E-state index >= 15 is 0 Å². The van der Waals surface area contributed by atoms with Crippen molar-refractivity contribution in [3.8, 4) is 0 Å². The van der Waals surface area contributed by atoms with Crippen molar-refractivity contribution in [1.82, 2.24) is 30.6 Å². The number of aromatic nitrogens is 4. The van der Waals surface area contributed by atoms with Crippen molar-refractivity contribution in [2.24, 2.45) is 7.05 Å². The van der Waals surface area contributed by atoms with Crippen molar-refractivity contribution in [3.63, 3.8) is 0 Å². The monoisotopic (exact) mass is 346 g/mol. The van der Waals surface area contributed by atoms with Gasteiger partial charge in [-0.25, -0.2) is 0 Å². The topological polar surface area (TPSA) is 114 Å². The lowest BCUT2D eigenvalue weighted by Gasteiger charge is -2.23. The van der Waals surface area contributed by atoms with Gasteiger partial charge < -0.3 is 15.4 Å². The average molecular weight is 346 g/mol. The van der Waals surface area contributed by atoms with Gasteiger partial charge >= 0.3 is 0 Å². The number of amides is 2. The highest BCUT2D eigenvalue weighted by atomic mass is 16.5. The van der Waals surface area contributed by atoms with Gasteiger partial charge in [-0.1, -0.05) is 0 Å². The summed E-state index contributed by atoms with van der Waals surface area (Å²) in [6, 6.07) is 1.65. The number of carbonyl (C=O) groups excluding carboxylic acids is 2. The molecule has 3 N–H and O–H groups in total. The second kappa shape index (κ2) is 7.06. The van der Waals surface area contributed by atoms with Crippen LogP contribution < -0.4 is 10.6 Å². The highest BCUT2D eigenvalue weighted by molar-refractivity contribution is 5.94. The van der Waals surface area contributed by atoms with Crippen molar-refractivity contribution < 1.29 is 14.3 Å². The van der Waals surface area contributed by atoms with E-state index in [0.29, 0.717) is 31.0 Å². The van der Waals surface area contributed by atoms with Crippen molar-refractivity contribution >= 4 is 11.8 Å². The summed E-state index contributed by atoms with van der Waals surface area (Å²) < 4.78 is 7.35. The average Bonchev–Trinajstić information content (AvgIpc) is 3.18. The largest absolute Gasteiger partial charge is 0.370 e. The molecule has 0 aromatic carbocycles. The maximum Gasteiger partial charge on any atom is 0.270 e. The van der Waals surface area contributed by atoms with Gasteiger partial charge in [0.25, 0.3) is 11.8 Å². The maximum absolute atomic E-state index is 12.4. The minimum Gasteiger partial charge on any atom is -0.370 e. The van der Waals surface area contributed by atoms with Crippen LogP contribution in [0.25, 0.3) is 0 Å². The summed E-state index contributed by atoms with van der Waals surface area (Å²) in [4.78, 5) is 24.4. The van der Waals surface area contributed by atoms with Gasteiger partial charge in [-0.15, -0.1) is 0 Å². The highest BCUT2D eigenvalue weighted by Crippen LogP contribution is 2.23. The molecule has 1 aliphatic heterocycles. The number of hydrogen-bond acceptors (Lipinski definition) is 5. The molecule has 0 saturated heterocycles. The fraction of sp³-hybridized carbons (Fsp3) is 0.500. The van der Waals surface area contributed by atoms with Crippen LogP contribution >= 0.6 is 0 Å². The number of aryl methyl sites for hydroxylation is 1. The zero-order chi connectivity index (χ0) is 18.0. The molecule has 9 nitrogen and oxygen atoms in total. The van der Waals surface area contributed by atoms with Gasteiger partial charge in [-0.3, -0.25) is 19.4 Å². The molecule has 0 spiro atoms. The Balaban J connectivity index is 1.68. The van der Waals surface area contributed by atoms with E-state index in [4.69, 9.17) is 4.74 Å². The zero-order valence-electron chi connectivity index (χ0n) is 14.5. The third kappa shape index (κ3) is 3.71. The van der Waals surface area contributed by atoms with Gasteiger partial charge in [0.1, 0.15) is 11.4 Å². The van der Waals surface area contributed by atoms with Crippen molar-refractivity contribution in [1.29, 1.82) is 0 Å². The van der Waals surface area contributed by atoms with Crippen molar-refractivity contribution in [2.45, 2.75) is 39.0 Å². The normalized spacial score (nSPS) is 16.6. The molecule has 0 aliphatic carbocycles. The van der Waals surface area contributed by atoms with Gasteiger partial charge in [0.05, 0.1) is 18.4 Å². The molecule has 0 radical (unpaired) electrons. The number of ether oxygens (including phenoxy) is 1. The smallest absolute Gasteiger partial charge is 0.270 e. The van der Waals surface area contributed by atoms with Gasteiger partial charge in [-0.2, -0.15) is 10.2 Å². The lowest BCUT2D eigenvalue weighted by Crippen LogP contribution is -2.38. The SMILES string of the molecule is CC(C)NC(=O)c1c2c(nn1C)COC(CNC(=O)c1ccn[nH]1)C2. The van der Waals surface area contributed by atoms with E-state index in [1.165, 1.54) is 6.20 Å². The fourth-order valence-electron chi connectivity index (χ4n) is 2.87. The maximum atomic E-state index is 12.4. The number of hydrogen-bond donors (Lipinski definition) is 3. The van der Waals surface area contributed by atoms with E-state index in [2.05, 4.69) is 25.9 Å². The van der Waals surface area contributed by atoms with Crippen LogP contribution in [0.1, 0.15) is 46.1 Å². The first-order valence-electron chi connectivity index (χ1n) is 8.20. The fourth-order valence-corrected chi connectivity index (χ4v) is 2.87. The summed E-state index contributed by atoms with van der Waals surface area (Å²) in [7, 11) is 1.75. The molecule has 134 valence electrons. The Labute approximate surface area is 145 Å². The van der Waals surface area contributed by atoms with Crippen LogP contribution in [0.3, 0.4) is 0 Å². The van der Waals surface area contributed by atoms with E-state index < -0.39 is 0 Å². The Morgan fingerprint density at radius 3 is 2.92 bits per heavy atom. The third-order valence-corrected chi connectivity index (χ3v) is 3.99. The van der Waals surface area contributed by atoms with E-state index in [1.54, 1.807) is 17.8 Å². The van der Waals surface area contributed by atoms with Gasteiger partial charge in [0.15, 0.2) is 0 Å². The molecule has 1 unspecified atom stereocenters. The van der Waals surface area contributed by atoms with Crippen LogP contribution in [0.4, 0.5) is 0 Å². The molecule has 9 heteroatoms. The summed E-state index contributed by atoms with van der Waals surface area (Å²) >= 11 is 0. The van der Waals surface area contributed by atoms with Crippen LogP contribution in [0, 0.1) is 0 Å². The molecule has 1 atom stereocenters. The second-order valence-electron chi connectivity index (χ2n) is 6.34. The molecular formula is C16H22N6O3. The van der Waals surface area contributed by atoms with Crippen LogP contribution in [0.2, 0.25) is 0 Å². The van der Waals surface area contributed by atoms with Crippen molar-refractivity contribution in [2.75, 3.05) is 6.54 Å². The lowest BCUT2D eigenvalue weighted by atomic mass is 10.0. The first kappa shape index (κ1) is 17.2. The quantitative estimate of drug-likeness (QED) is 0.713. The van der Waals surface area contributed by atoms with E-state index in [-0.39, 0.29) is 24.0 Å². The molecule has 0 bridgehead atoms. The summed E-state index contributed by atoms with van der Waals surface area (Å²) in [6.07, 6.45) is 1.83. The molecule has 1 aliphatic rings.